The Labute approximate surface area is 161 Å². The molecule has 142 valence electrons. The molecular weight excluding hydrogens is 370 g/mol. The average molecular weight is 390 g/mol. The summed E-state index contributed by atoms with van der Waals surface area (Å²) in [7, 11) is 1.87. The van der Waals surface area contributed by atoms with Gasteiger partial charge in [-0.3, -0.25) is 14.5 Å². The quantitative estimate of drug-likeness (QED) is 0.801. The number of anilines is 1. The summed E-state index contributed by atoms with van der Waals surface area (Å²) in [6.45, 7) is 0.496. The monoisotopic (exact) mass is 389 g/mol. The van der Waals surface area contributed by atoms with Crippen molar-refractivity contribution in [1.82, 2.24) is 19.7 Å². The van der Waals surface area contributed by atoms with Gasteiger partial charge < -0.3 is 14.2 Å². The third-order valence-electron chi connectivity index (χ3n) is 5.02. The van der Waals surface area contributed by atoms with Crippen molar-refractivity contribution < 1.29 is 14.3 Å². The van der Waals surface area contributed by atoms with E-state index in [1.54, 1.807) is 29.4 Å². The molecule has 2 aromatic rings. The van der Waals surface area contributed by atoms with Crippen LogP contribution in [0.5, 0.6) is 5.75 Å². The van der Waals surface area contributed by atoms with Gasteiger partial charge in [-0.15, -0.1) is 10.2 Å². The molecule has 2 amide bonds. The number of benzene rings is 1. The van der Waals surface area contributed by atoms with Crippen molar-refractivity contribution in [3.63, 3.8) is 0 Å². The standard InChI is InChI=1S/C18H20ClN5O3/c1-22-11-20-21-18(22)13-4-2-3-7-23(13)16(25)9-24-14-8-12(19)5-6-15(14)27-10-17(24)26/h5-6,8,11,13H,2-4,7,9-10H2,1H3. The molecular formula is C18H20ClN5O3. The molecule has 1 aromatic heterocycles. The SMILES string of the molecule is Cn1cnnc1C1CCCCN1C(=O)CN1C(=O)COc2ccc(Cl)cc21. The van der Waals surface area contributed by atoms with E-state index in [1.807, 2.05) is 11.6 Å². The molecule has 1 unspecified atom stereocenters. The summed E-state index contributed by atoms with van der Waals surface area (Å²) in [5.41, 5.74) is 0.527. The number of aryl methyl sites for hydroxylation is 1. The lowest BCUT2D eigenvalue weighted by Crippen LogP contribution is -2.48. The highest BCUT2D eigenvalue weighted by atomic mass is 35.5. The summed E-state index contributed by atoms with van der Waals surface area (Å²) in [5, 5.41) is 8.61. The maximum Gasteiger partial charge on any atom is 0.265 e. The van der Waals surface area contributed by atoms with Crippen molar-refractivity contribution in [3.8, 4) is 5.75 Å². The number of nitrogens with zero attached hydrogens (tertiary/aromatic N) is 5. The molecule has 9 heteroatoms. The van der Waals surface area contributed by atoms with Crippen molar-refractivity contribution in [2.45, 2.75) is 25.3 Å². The number of aromatic nitrogens is 3. The minimum absolute atomic E-state index is 0.0517. The number of carbonyl (C=O) groups excluding carboxylic acids is 2. The van der Waals surface area contributed by atoms with Crippen LogP contribution >= 0.6 is 11.6 Å². The normalized spacial score (nSPS) is 19.6. The first-order valence-corrected chi connectivity index (χ1v) is 9.28. The summed E-state index contributed by atoms with van der Waals surface area (Å²) in [6, 6.07) is 4.93. The topological polar surface area (TPSA) is 80.6 Å². The largest absolute Gasteiger partial charge is 0.482 e. The Bertz CT molecular complexity index is 884. The molecule has 2 aliphatic heterocycles. The zero-order valence-electron chi connectivity index (χ0n) is 15.0. The summed E-state index contributed by atoms with van der Waals surface area (Å²) in [6.07, 6.45) is 4.42. The number of halogens is 1. The highest BCUT2D eigenvalue weighted by Crippen LogP contribution is 2.35. The number of amides is 2. The van der Waals surface area contributed by atoms with Gasteiger partial charge >= 0.3 is 0 Å². The van der Waals surface area contributed by atoms with Gasteiger partial charge in [-0.1, -0.05) is 11.6 Å². The number of rotatable bonds is 3. The van der Waals surface area contributed by atoms with E-state index in [-0.39, 0.29) is 31.0 Å². The smallest absolute Gasteiger partial charge is 0.265 e. The van der Waals surface area contributed by atoms with E-state index in [0.717, 1.165) is 25.1 Å². The van der Waals surface area contributed by atoms with Crippen LogP contribution in [0.25, 0.3) is 0 Å². The van der Waals surface area contributed by atoms with Gasteiger partial charge in [0.2, 0.25) is 5.91 Å². The molecule has 1 fully saturated rings. The van der Waals surface area contributed by atoms with Crippen LogP contribution in [0, 0.1) is 0 Å². The van der Waals surface area contributed by atoms with E-state index in [4.69, 9.17) is 16.3 Å². The Balaban J connectivity index is 1.59. The van der Waals surface area contributed by atoms with Crippen LogP contribution in [0.2, 0.25) is 5.02 Å². The third-order valence-corrected chi connectivity index (χ3v) is 5.26. The Hall–Kier alpha value is -2.61. The second-order valence-corrected chi connectivity index (χ2v) is 7.22. The molecule has 0 spiro atoms. The van der Waals surface area contributed by atoms with E-state index in [1.165, 1.54) is 4.90 Å². The zero-order chi connectivity index (χ0) is 19.0. The van der Waals surface area contributed by atoms with E-state index in [9.17, 15) is 9.59 Å². The van der Waals surface area contributed by atoms with Crippen molar-refractivity contribution in [1.29, 1.82) is 0 Å². The Morgan fingerprint density at radius 2 is 2.22 bits per heavy atom. The molecule has 3 heterocycles. The first-order chi connectivity index (χ1) is 13.0. The molecule has 27 heavy (non-hydrogen) atoms. The molecule has 2 aliphatic rings. The number of hydrogen-bond donors (Lipinski definition) is 0. The molecule has 0 radical (unpaired) electrons. The van der Waals surface area contributed by atoms with Gasteiger partial charge in [-0.25, -0.2) is 0 Å². The van der Waals surface area contributed by atoms with Crippen LogP contribution in [-0.4, -0.2) is 51.2 Å². The maximum atomic E-state index is 13.1. The predicted molar refractivity (Wildman–Crippen MR) is 98.6 cm³/mol. The van der Waals surface area contributed by atoms with Crippen LogP contribution in [-0.2, 0) is 16.6 Å². The molecule has 4 rings (SSSR count). The zero-order valence-corrected chi connectivity index (χ0v) is 15.7. The maximum absolute atomic E-state index is 13.1. The van der Waals surface area contributed by atoms with Gasteiger partial charge in [-0.05, 0) is 37.5 Å². The van der Waals surface area contributed by atoms with Gasteiger partial charge in [0, 0.05) is 18.6 Å². The Kier molecular flexibility index (Phi) is 4.73. The van der Waals surface area contributed by atoms with Crippen LogP contribution in [0.1, 0.15) is 31.1 Å². The third kappa shape index (κ3) is 3.37. The van der Waals surface area contributed by atoms with E-state index in [0.29, 0.717) is 23.0 Å². The molecule has 8 nitrogen and oxygen atoms in total. The average Bonchev–Trinajstić information content (AvgIpc) is 3.10. The van der Waals surface area contributed by atoms with Gasteiger partial charge in [0.15, 0.2) is 12.4 Å². The molecule has 0 aliphatic carbocycles. The fourth-order valence-corrected chi connectivity index (χ4v) is 3.83. The molecule has 0 N–H and O–H groups in total. The van der Waals surface area contributed by atoms with Crippen molar-refractivity contribution in [3.05, 3.63) is 35.4 Å². The van der Waals surface area contributed by atoms with E-state index < -0.39 is 0 Å². The lowest BCUT2D eigenvalue weighted by atomic mass is 10.0. The second kappa shape index (κ2) is 7.19. The van der Waals surface area contributed by atoms with Crippen LogP contribution in [0.3, 0.4) is 0 Å². The van der Waals surface area contributed by atoms with E-state index >= 15 is 0 Å². The fourth-order valence-electron chi connectivity index (χ4n) is 3.67. The van der Waals surface area contributed by atoms with Crippen LogP contribution < -0.4 is 9.64 Å². The highest BCUT2D eigenvalue weighted by molar-refractivity contribution is 6.31. The van der Waals surface area contributed by atoms with Gasteiger partial charge in [-0.2, -0.15) is 0 Å². The number of hydrogen-bond acceptors (Lipinski definition) is 5. The second-order valence-electron chi connectivity index (χ2n) is 6.78. The van der Waals surface area contributed by atoms with Crippen LogP contribution in [0.15, 0.2) is 24.5 Å². The van der Waals surface area contributed by atoms with Crippen molar-refractivity contribution in [2.24, 2.45) is 7.05 Å². The molecule has 1 saturated heterocycles. The number of piperidine rings is 1. The number of likely N-dealkylation sites (tertiary alicyclic amines) is 1. The summed E-state index contributed by atoms with van der Waals surface area (Å²) >= 11 is 6.08. The first kappa shape index (κ1) is 17.8. The van der Waals surface area contributed by atoms with Crippen molar-refractivity contribution in [2.75, 3.05) is 24.6 Å². The minimum atomic E-state index is -0.259. The highest BCUT2D eigenvalue weighted by Gasteiger charge is 2.34. The fraction of sp³-hybridized carbons (Fsp3) is 0.444. The lowest BCUT2D eigenvalue weighted by molar-refractivity contribution is -0.135. The molecule has 0 saturated carbocycles. The molecule has 0 bridgehead atoms. The molecule has 1 aromatic carbocycles. The van der Waals surface area contributed by atoms with Gasteiger partial charge in [0.05, 0.1) is 11.7 Å². The van der Waals surface area contributed by atoms with E-state index in [2.05, 4.69) is 10.2 Å². The van der Waals surface area contributed by atoms with Crippen LogP contribution in [0.4, 0.5) is 5.69 Å². The van der Waals surface area contributed by atoms with Crippen molar-refractivity contribution >= 4 is 29.1 Å². The Morgan fingerprint density at radius 1 is 1.37 bits per heavy atom. The molecule has 1 atom stereocenters. The first-order valence-electron chi connectivity index (χ1n) is 8.90. The summed E-state index contributed by atoms with van der Waals surface area (Å²) in [4.78, 5) is 28.8. The van der Waals surface area contributed by atoms with Gasteiger partial charge in [0.1, 0.15) is 18.6 Å². The lowest BCUT2D eigenvalue weighted by Gasteiger charge is -2.37. The number of fused-ring (bicyclic) bond motifs is 1. The number of carbonyl (C=O) groups is 2. The minimum Gasteiger partial charge on any atom is -0.482 e. The summed E-state index contributed by atoms with van der Waals surface area (Å²) in [5.74, 6) is 0.935. The predicted octanol–water partition coefficient (Wildman–Crippen LogP) is 1.95. The Morgan fingerprint density at radius 3 is 3.00 bits per heavy atom. The van der Waals surface area contributed by atoms with Gasteiger partial charge in [0.25, 0.3) is 5.91 Å². The summed E-state index contributed by atoms with van der Waals surface area (Å²) < 4.78 is 7.29. The number of ether oxygens (including phenoxy) is 1.